The Morgan fingerprint density at radius 1 is 1.00 bits per heavy atom. The Labute approximate surface area is 165 Å². The topological polar surface area (TPSA) is 85.6 Å². The Hall–Kier alpha value is -3.41. The van der Waals surface area contributed by atoms with E-state index in [0.717, 1.165) is 28.1 Å². The van der Waals surface area contributed by atoms with Crippen LogP contribution in [-0.4, -0.2) is 14.7 Å². The van der Waals surface area contributed by atoms with Crippen LogP contribution in [0, 0.1) is 36.5 Å². The van der Waals surface area contributed by atoms with Crippen LogP contribution in [0.3, 0.4) is 0 Å². The quantitative estimate of drug-likeness (QED) is 0.746. The maximum Gasteiger partial charge on any atom is 0.102 e. The van der Waals surface area contributed by atoms with E-state index in [1.54, 1.807) is 32.2 Å². The van der Waals surface area contributed by atoms with Gasteiger partial charge in [-0.1, -0.05) is 18.2 Å². The third-order valence-corrected chi connectivity index (χ3v) is 4.99. The van der Waals surface area contributed by atoms with Crippen molar-refractivity contribution in [2.24, 2.45) is 0 Å². The molecule has 0 fully saturated rings. The van der Waals surface area contributed by atoms with Crippen molar-refractivity contribution in [3.63, 3.8) is 0 Å². The minimum atomic E-state index is -0.978. The van der Waals surface area contributed by atoms with Crippen LogP contribution in [0.2, 0.25) is 0 Å². The summed E-state index contributed by atoms with van der Waals surface area (Å²) in [5.41, 5.74) is 5.57. The van der Waals surface area contributed by atoms with Crippen LogP contribution in [0.1, 0.15) is 47.6 Å². The molecule has 0 saturated carbocycles. The Morgan fingerprint density at radius 3 is 2.18 bits per heavy atom. The number of benzene rings is 1. The van der Waals surface area contributed by atoms with E-state index < -0.39 is 5.60 Å². The van der Waals surface area contributed by atoms with Crippen molar-refractivity contribution in [2.45, 2.75) is 39.8 Å². The van der Waals surface area contributed by atoms with Crippen LogP contribution in [-0.2, 0) is 12.1 Å². The molecule has 0 aliphatic carbocycles. The van der Waals surface area contributed by atoms with Crippen LogP contribution in [0.4, 0.5) is 0 Å². The molecular weight excluding hydrogens is 348 g/mol. The predicted octanol–water partition coefficient (Wildman–Crippen LogP) is 4.19. The summed E-state index contributed by atoms with van der Waals surface area (Å²) >= 11 is 0. The Bertz CT molecular complexity index is 1090. The van der Waals surface area contributed by atoms with Gasteiger partial charge < -0.3 is 9.67 Å². The number of rotatable bonds is 4. The van der Waals surface area contributed by atoms with Crippen molar-refractivity contribution in [3.05, 3.63) is 76.4 Å². The fraction of sp³-hybridized carbons (Fsp3) is 0.261. The molecule has 0 saturated heterocycles. The standard InChI is InChI=1S/C23H22N4O/c1-15-20(12-25)22(19-8-5-17(11-24)6-9-19)16(2)27(15)14-18-7-10-21(26-13-18)23(3,4)28/h5-10,13,28H,14H2,1-4H3. The van der Waals surface area contributed by atoms with Crippen molar-refractivity contribution < 1.29 is 5.11 Å². The fourth-order valence-electron chi connectivity index (χ4n) is 3.38. The highest BCUT2D eigenvalue weighted by Crippen LogP contribution is 2.32. The van der Waals surface area contributed by atoms with E-state index in [-0.39, 0.29) is 0 Å². The number of hydrogen-bond acceptors (Lipinski definition) is 4. The van der Waals surface area contributed by atoms with E-state index >= 15 is 0 Å². The van der Waals surface area contributed by atoms with Gasteiger partial charge in [-0.2, -0.15) is 10.5 Å². The summed E-state index contributed by atoms with van der Waals surface area (Å²) in [7, 11) is 0. The number of nitriles is 2. The van der Waals surface area contributed by atoms with Crippen LogP contribution in [0.15, 0.2) is 42.6 Å². The van der Waals surface area contributed by atoms with Crippen LogP contribution in [0.25, 0.3) is 11.1 Å². The third kappa shape index (κ3) is 3.53. The number of pyridine rings is 1. The molecular formula is C23H22N4O. The molecule has 0 radical (unpaired) electrons. The van der Waals surface area contributed by atoms with Crippen LogP contribution >= 0.6 is 0 Å². The highest BCUT2D eigenvalue weighted by Gasteiger charge is 2.20. The lowest BCUT2D eigenvalue weighted by Gasteiger charge is -2.17. The summed E-state index contributed by atoms with van der Waals surface area (Å²) in [5, 5.41) is 28.8. The molecule has 0 bridgehead atoms. The van der Waals surface area contributed by atoms with Gasteiger partial charge in [-0.05, 0) is 57.0 Å². The molecule has 0 aliphatic rings. The highest BCUT2D eigenvalue weighted by atomic mass is 16.3. The second-order valence-electron chi connectivity index (χ2n) is 7.42. The second-order valence-corrected chi connectivity index (χ2v) is 7.42. The molecule has 0 spiro atoms. The maximum absolute atomic E-state index is 10.1. The van der Waals surface area contributed by atoms with Gasteiger partial charge in [0.05, 0.1) is 22.9 Å². The summed E-state index contributed by atoms with van der Waals surface area (Å²) < 4.78 is 2.10. The average molecular weight is 370 g/mol. The molecule has 5 nitrogen and oxygen atoms in total. The summed E-state index contributed by atoms with van der Waals surface area (Å²) in [6.07, 6.45) is 1.76. The minimum Gasteiger partial charge on any atom is -0.384 e. The SMILES string of the molecule is Cc1c(C#N)c(-c2ccc(C#N)cc2)c(C)n1Cc1ccc(C(C)(C)O)nc1. The van der Waals surface area contributed by atoms with Crippen molar-refractivity contribution in [1.82, 2.24) is 9.55 Å². The Kier molecular flexibility index (Phi) is 5.05. The first-order valence-corrected chi connectivity index (χ1v) is 9.04. The van der Waals surface area contributed by atoms with Crippen molar-refractivity contribution in [2.75, 3.05) is 0 Å². The molecule has 3 rings (SSSR count). The lowest BCUT2D eigenvalue weighted by Crippen LogP contribution is -2.17. The van der Waals surface area contributed by atoms with Crippen molar-refractivity contribution in [3.8, 4) is 23.3 Å². The largest absolute Gasteiger partial charge is 0.384 e. The lowest BCUT2D eigenvalue weighted by atomic mass is 10.0. The molecule has 0 atom stereocenters. The number of aromatic nitrogens is 2. The second kappa shape index (κ2) is 7.31. The molecule has 0 unspecified atom stereocenters. The van der Waals surface area contributed by atoms with E-state index in [1.807, 2.05) is 38.1 Å². The molecule has 1 aromatic carbocycles. The van der Waals surface area contributed by atoms with E-state index in [1.165, 1.54) is 0 Å². The monoisotopic (exact) mass is 370 g/mol. The average Bonchev–Trinajstić information content (AvgIpc) is 2.92. The summed E-state index contributed by atoms with van der Waals surface area (Å²) in [6.45, 7) is 7.94. The Balaban J connectivity index is 2.02. The molecule has 2 aromatic heterocycles. The van der Waals surface area contributed by atoms with E-state index in [0.29, 0.717) is 23.4 Å². The normalized spacial score (nSPS) is 11.1. The van der Waals surface area contributed by atoms with Crippen molar-refractivity contribution >= 4 is 0 Å². The summed E-state index contributed by atoms with van der Waals surface area (Å²) in [6, 6.07) is 15.5. The molecule has 2 heterocycles. The molecule has 3 aromatic rings. The smallest absolute Gasteiger partial charge is 0.102 e. The fourth-order valence-corrected chi connectivity index (χ4v) is 3.38. The number of aliphatic hydroxyl groups is 1. The van der Waals surface area contributed by atoms with Crippen LogP contribution in [0.5, 0.6) is 0 Å². The van der Waals surface area contributed by atoms with Gasteiger partial charge in [-0.25, -0.2) is 0 Å². The number of nitrogens with zero attached hydrogens (tertiary/aromatic N) is 4. The zero-order valence-corrected chi connectivity index (χ0v) is 16.5. The summed E-state index contributed by atoms with van der Waals surface area (Å²) in [4.78, 5) is 4.37. The molecule has 5 heteroatoms. The van der Waals surface area contributed by atoms with Gasteiger partial charge in [0.25, 0.3) is 0 Å². The first kappa shape index (κ1) is 19.4. The van der Waals surface area contributed by atoms with Crippen molar-refractivity contribution in [1.29, 1.82) is 10.5 Å². The zero-order valence-electron chi connectivity index (χ0n) is 16.5. The maximum atomic E-state index is 10.1. The lowest BCUT2D eigenvalue weighted by molar-refractivity contribution is 0.0738. The molecule has 140 valence electrons. The third-order valence-electron chi connectivity index (χ3n) is 4.99. The van der Waals surface area contributed by atoms with Gasteiger partial charge in [-0.3, -0.25) is 4.98 Å². The van der Waals surface area contributed by atoms with E-state index in [4.69, 9.17) is 5.26 Å². The Morgan fingerprint density at radius 2 is 1.68 bits per heavy atom. The van der Waals surface area contributed by atoms with E-state index in [2.05, 4.69) is 21.7 Å². The van der Waals surface area contributed by atoms with Gasteiger partial charge in [0.1, 0.15) is 11.7 Å². The van der Waals surface area contributed by atoms with Crippen LogP contribution < -0.4 is 0 Å². The summed E-state index contributed by atoms with van der Waals surface area (Å²) in [5.74, 6) is 0. The predicted molar refractivity (Wildman–Crippen MR) is 107 cm³/mol. The molecule has 1 N–H and O–H groups in total. The first-order valence-electron chi connectivity index (χ1n) is 9.04. The molecule has 0 aliphatic heterocycles. The van der Waals surface area contributed by atoms with Gasteiger partial charge in [0.2, 0.25) is 0 Å². The molecule has 28 heavy (non-hydrogen) atoms. The van der Waals surface area contributed by atoms with Gasteiger partial charge in [0, 0.05) is 29.7 Å². The zero-order chi connectivity index (χ0) is 20.5. The van der Waals surface area contributed by atoms with E-state index in [9.17, 15) is 10.4 Å². The highest BCUT2D eigenvalue weighted by molar-refractivity contribution is 5.75. The first-order chi connectivity index (χ1) is 13.3. The van der Waals surface area contributed by atoms with Gasteiger partial charge in [-0.15, -0.1) is 0 Å². The van der Waals surface area contributed by atoms with Gasteiger partial charge >= 0.3 is 0 Å². The van der Waals surface area contributed by atoms with Gasteiger partial charge in [0.15, 0.2) is 0 Å². The molecule has 0 amide bonds. The number of hydrogen-bond donors (Lipinski definition) is 1. The minimum absolute atomic E-state index is 0.585.